The highest BCUT2D eigenvalue weighted by Gasteiger charge is 2.25. The third kappa shape index (κ3) is 8.89. The molecule has 3 aromatic carbocycles. The van der Waals surface area contributed by atoms with Crippen molar-refractivity contribution in [3.63, 3.8) is 0 Å². The summed E-state index contributed by atoms with van der Waals surface area (Å²) in [7, 11) is 0. The monoisotopic (exact) mass is 674 g/mol. The lowest BCUT2D eigenvalue weighted by atomic mass is 9.98. The molecule has 0 radical (unpaired) electrons. The zero-order valence-corrected chi connectivity index (χ0v) is 29.6. The van der Waals surface area contributed by atoms with Crippen LogP contribution in [-0.2, 0) is 13.1 Å². The average molecular weight is 676 g/mol. The summed E-state index contributed by atoms with van der Waals surface area (Å²) in [6, 6.07) is 33.4. The Labute approximate surface area is 293 Å². The predicted octanol–water partition coefficient (Wildman–Crippen LogP) is 9.98. The maximum Gasteiger partial charge on any atom is 0.0705 e. The van der Waals surface area contributed by atoms with Crippen LogP contribution in [0.15, 0.2) is 103 Å². The maximum absolute atomic E-state index is 4.73. The van der Waals surface area contributed by atoms with Gasteiger partial charge in [0, 0.05) is 61.4 Å². The van der Waals surface area contributed by atoms with E-state index in [1.54, 1.807) is 0 Å². The van der Waals surface area contributed by atoms with Crippen LogP contribution in [0.4, 0.5) is 5.69 Å². The second-order valence-corrected chi connectivity index (χ2v) is 12.2. The van der Waals surface area contributed by atoms with Crippen LogP contribution in [0.2, 0.25) is 0 Å². The largest absolute Gasteiger partial charge is 0.364 e. The summed E-state index contributed by atoms with van der Waals surface area (Å²) in [5.41, 5.74) is 13.7. The first-order valence-corrected chi connectivity index (χ1v) is 15.5. The van der Waals surface area contributed by atoms with Crippen molar-refractivity contribution >= 4 is 42.9 Å². The molecule has 1 aliphatic rings. The van der Waals surface area contributed by atoms with E-state index in [4.69, 9.17) is 4.98 Å². The third-order valence-electron chi connectivity index (χ3n) is 9.06. The van der Waals surface area contributed by atoms with Gasteiger partial charge in [0.05, 0.1) is 11.4 Å². The van der Waals surface area contributed by atoms with E-state index in [-0.39, 0.29) is 37.2 Å². The first-order chi connectivity index (χ1) is 20.9. The Hall–Kier alpha value is -3.41. The molecule has 0 spiro atoms. The van der Waals surface area contributed by atoms with Gasteiger partial charge in [0.1, 0.15) is 0 Å². The molecule has 242 valence electrons. The summed E-state index contributed by atoms with van der Waals surface area (Å²) in [4.78, 5) is 14.6. The summed E-state index contributed by atoms with van der Waals surface area (Å²) < 4.78 is 0. The molecular weight excluding hydrogens is 631 g/mol. The highest BCUT2D eigenvalue weighted by atomic mass is 35.5. The minimum atomic E-state index is 0. The lowest BCUT2D eigenvalue weighted by Crippen LogP contribution is -2.44. The maximum atomic E-state index is 4.73. The average Bonchev–Trinajstić information content (AvgIpc) is 3.04. The molecule has 0 unspecified atom stereocenters. The Balaban J connectivity index is 0.00000192. The van der Waals surface area contributed by atoms with Crippen molar-refractivity contribution in [3.8, 4) is 22.5 Å². The molecule has 46 heavy (non-hydrogen) atoms. The number of hydrogen-bond donors (Lipinski definition) is 0. The molecule has 3 heterocycles. The molecule has 1 saturated heterocycles. The summed E-state index contributed by atoms with van der Waals surface area (Å²) in [6.07, 6.45) is 6.20. The molecule has 4 nitrogen and oxygen atoms in total. The van der Waals surface area contributed by atoms with E-state index >= 15 is 0 Å². The number of halogens is 3. The highest BCUT2D eigenvalue weighted by Crippen LogP contribution is 2.29. The molecule has 0 amide bonds. The number of piperidine rings is 1. The number of benzene rings is 3. The van der Waals surface area contributed by atoms with Crippen molar-refractivity contribution in [1.29, 1.82) is 0 Å². The van der Waals surface area contributed by atoms with Gasteiger partial charge in [0.15, 0.2) is 0 Å². The van der Waals surface area contributed by atoms with Gasteiger partial charge >= 0.3 is 0 Å². The lowest BCUT2D eigenvalue weighted by Gasteiger charge is -2.40. The summed E-state index contributed by atoms with van der Waals surface area (Å²) in [5, 5.41) is 0. The second-order valence-electron chi connectivity index (χ2n) is 12.2. The molecule has 0 atom stereocenters. The molecule has 6 rings (SSSR count). The van der Waals surface area contributed by atoms with E-state index in [1.807, 2.05) is 12.4 Å². The van der Waals surface area contributed by atoms with Crippen LogP contribution >= 0.6 is 37.2 Å². The first-order valence-electron chi connectivity index (χ1n) is 15.5. The molecule has 0 aliphatic carbocycles. The van der Waals surface area contributed by atoms with Crippen molar-refractivity contribution < 1.29 is 0 Å². The molecular formula is C39H45Cl3N4. The smallest absolute Gasteiger partial charge is 0.0705 e. The number of nitrogens with zero attached hydrogens (tertiary/aromatic N) is 4. The molecule has 0 N–H and O–H groups in total. The zero-order valence-electron chi connectivity index (χ0n) is 27.1. The van der Waals surface area contributed by atoms with Crippen LogP contribution in [-0.4, -0.2) is 34.0 Å². The fourth-order valence-electron chi connectivity index (χ4n) is 6.26. The fourth-order valence-corrected chi connectivity index (χ4v) is 6.26. The standard InChI is InChI=1S/C39H42N4.3ClH/c1-28-10-12-36(13-11-28)43(27-33-15-19-40-38(25-33)34-8-6-5-7-9-34)37-16-20-42(21-17-37)26-32-14-18-41-39(24-32)35-22-29(2)31(4)30(3)23-35;;;/h5-15,18-19,22-25,37H,16-17,20-21,26-27H2,1-4H3;3*1H. The van der Waals surface area contributed by atoms with Crippen molar-refractivity contribution in [2.75, 3.05) is 18.0 Å². The number of likely N-dealkylation sites (tertiary alicyclic amines) is 1. The van der Waals surface area contributed by atoms with Crippen LogP contribution in [0.1, 0.15) is 46.2 Å². The number of rotatable bonds is 8. The van der Waals surface area contributed by atoms with E-state index < -0.39 is 0 Å². The SMILES string of the molecule is Cc1ccc(N(Cc2ccnc(-c3ccccc3)c2)C2CCN(Cc3ccnc(-c4cc(C)c(C)c(C)c4)c3)CC2)cc1.Cl.Cl.Cl. The molecule has 5 aromatic rings. The van der Waals surface area contributed by atoms with Gasteiger partial charge in [-0.3, -0.25) is 14.9 Å². The van der Waals surface area contributed by atoms with E-state index in [0.717, 1.165) is 56.0 Å². The van der Waals surface area contributed by atoms with Gasteiger partial charge in [-0.25, -0.2) is 0 Å². The van der Waals surface area contributed by atoms with E-state index in [0.29, 0.717) is 6.04 Å². The van der Waals surface area contributed by atoms with Crippen LogP contribution < -0.4 is 4.90 Å². The Morgan fingerprint density at radius 1 is 0.652 bits per heavy atom. The van der Waals surface area contributed by atoms with Gasteiger partial charge in [-0.2, -0.15) is 0 Å². The normalized spacial score (nSPS) is 13.2. The molecule has 1 aliphatic heterocycles. The van der Waals surface area contributed by atoms with Gasteiger partial charge in [-0.1, -0.05) is 48.0 Å². The number of aryl methyl sites for hydroxylation is 3. The number of aromatic nitrogens is 2. The zero-order chi connectivity index (χ0) is 29.8. The first kappa shape index (κ1) is 37.1. The quantitative estimate of drug-likeness (QED) is 0.164. The van der Waals surface area contributed by atoms with Crippen molar-refractivity contribution in [3.05, 3.63) is 137 Å². The lowest BCUT2D eigenvalue weighted by molar-refractivity contribution is 0.201. The van der Waals surface area contributed by atoms with Crippen molar-refractivity contribution in [2.45, 2.75) is 59.7 Å². The third-order valence-corrected chi connectivity index (χ3v) is 9.06. The molecule has 0 saturated carbocycles. The van der Waals surface area contributed by atoms with E-state index in [2.05, 4.69) is 133 Å². The van der Waals surface area contributed by atoms with Crippen LogP contribution in [0, 0.1) is 27.7 Å². The van der Waals surface area contributed by atoms with Gasteiger partial charge in [-0.05, 0) is 117 Å². The number of hydrogen-bond acceptors (Lipinski definition) is 4. The van der Waals surface area contributed by atoms with Gasteiger partial charge in [0.25, 0.3) is 0 Å². The van der Waals surface area contributed by atoms with Crippen molar-refractivity contribution in [2.24, 2.45) is 0 Å². The minimum absolute atomic E-state index is 0. The van der Waals surface area contributed by atoms with Gasteiger partial charge in [0.2, 0.25) is 0 Å². The Bertz CT molecular complexity index is 1660. The Morgan fingerprint density at radius 3 is 1.85 bits per heavy atom. The molecule has 7 heteroatoms. The second kappa shape index (κ2) is 16.9. The Morgan fingerprint density at radius 2 is 1.22 bits per heavy atom. The fraction of sp³-hybridized carbons (Fsp3) is 0.282. The van der Waals surface area contributed by atoms with Crippen molar-refractivity contribution in [1.82, 2.24) is 14.9 Å². The van der Waals surface area contributed by atoms with Crippen LogP contribution in [0.25, 0.3) is 22.5 Å². The van der Waals surface area contributed by atoms with Crippen LogP contribution in [0.3, 0.4) is 0 Å². The summed E-state index contributed by atoms with van der Waals surface area (Å²) in [5.74, 6) is 0. The van der Waals surface area contributed by atoms with Gasteiger partial charge in [-0.15, -0.1) is 37.2 Å². The molecule has 2 aromatic heterocycles. The Kier molecular flexibility index (Phi) is 13.6. The number of anilines is 1. The predicted molar refractivity (Wildman–Crippen MR) is 201 cm³/mol. The minimum Gasteiger partial charge on any atom is -0.364 e. The molecule has 1 fully saturated rings. The summed E-state index contributed by atoms with van der Waals surface area (Å²) in [6.45, 7) is 12.7. The number of pyridine rings is 2. The summed E-state index contributed by atoms with van der Waals surface area (Å²) >= 11 is 0. The molecule has 0 bridgehead atoms. The van der Waals surface area contributed by atoms with E-state index in [1.165, 1.54) is 44.6 Å². The van der Waals surface area contributed by atoms with E-state index in [9.17, 15) is 0 Å². The van der Waals surface area contributed by atoms with Crippen LogP contribution in [0.5, 0.6) is 0 Å². The van der Waals surface area contributed by atoms with Gasteiger partial charge < -0.3 is 4.90 Å². The topological polar surface area (TPSA) is 32.3 Å². The highest BCUT2D eigenvalue weighted by molar-refractivity contribution is 5.86.